The lowest BCUT2D eigenvalue weighted by Crippen LogP contribution is -2.15. The van der Waals surface area contributed by atoms with Crippen LogP contribution in [0.3, 0.4) is 0 Å². The van der Waals surface area contributed by atoms with Gasteiger partial charge in [0.1, 0.15) is 17.6 Å². The van der Waals surface area contributed by atoms with Crippen LogP contribution in [0.15, 0.2) is 83.6 Å². The number of ether oxygens (including phenoxy) is 2. The predicted octanol–water partition coefficient (Wildman–Crippen LogP) is 5.49. The van der Waals surface area contributed by atoms with Gasteiger partial charge in [0, 0.05) is 19.4 Å². The molecule has 4 nitrogen and oxygen atoms in total. The minimum atomic E-state index is -0.242. The summed E-state index contributed by atoms with van der Waals surface area (Å²) in [5, 5.41) is 19.9. The topological polar surface area (TPSA) is 58.9 Å². The van der Waals surface area contributed by atoms with Crippen molar-refractivity contribution in [2.24, 2.45) is 5.92 Å². The van der Waals surface area contributed by atoms with Crippen LogP contribution in [0.5, 0.6) is 0 Å². The summed E-state index contributed by atoms with van der Waals surface area (Å²) in [7, 11) is 3.15. The predicted molar refractivity (Wildman–Crippen MR) is 113 cm³/mol. The van der Waals surface area contributed by atoms with Gasteiger partial charge in [0.2, 0.25) is 0 Å². The number of aliphatic hydroxyl groups is 2. The Morgan fingerprint density at radius 3 is 2.54 bits per heavy atom. The van der Waals surface area contributed by atoms with Crippen LogP contribution in [0, 0.1) is 5.92 Å². The molecule has 1 aromatic carbocycles. The molecular formula is C24H26O4. The lowest BCUT2D eigenvalue weighted by molar-refractivity contribution is 0.0940. The Hall–Kier alpha value is -2.98. The summed E-state index contributed by atoms with van der Waals surface area (Å²) in [6.45, 7) is 0. The normalized spacial score (nSPS) is 22.6. The average Bonchev–Trinajstić information content (AvgIpc) is 2.71. The largest absolute Gasteiger partial charge is 0.510 e. The summed E-state index contributed by atoms with van der Waals surface area (Å²) in [5.74, 6) is 1.22. The minimum absolute atomic E-state index is 0.146. The zero-order chi connectivity index (χ0) is 19.9. The van der Waals surface area contributed by atoms with Gasteiger partial charge in [-0.25, -0.2) is 0 Å². The third kappa shape index (κ3) is 5.05. The van der Waals surface area contributed by atoms with E-state index >= 15 is 0 Å². The summed E-state index contributed by atoms with van der Waals surface area (Å²) >= 11 is 0. The summed E-state index contributed by atoms with van der Waals surface area (Å²) < 4.78 is 10.3. The Bertz CT molecular complexity index is 884. The van der Waals surface area contributed by atoms with E-state index in [0.717, 1.165) is 16.7 Å². The number of hydrogen-bond donors (Lipinski definition) is 2. The molecule has 4 heteroatoms. The monoisotopic (exact) mass is 378 g/mol. The molecule has 0 aromatic heterocycles. The van der Waals surface area contributed by atoms with Gasteiger partial charge < -0.3 is 19.7 Å². The van der Waals surface area contributed by atoms with Crippen molar-refractivity contribution in [2.75, 3.05) is 14.2 Å². The van der Waals surface area contributed by atoms with Gasteiger partial charge in [-0.2, -0.15) is 0 Å². The minimum Gasteiger partial charge on any atom is -0.510 e. The van der Waals surface area contributed by atoms with Gasteiger partial charge in [0.15, 0.2) is 5.76 Å². The number of aliphatic hydroxyl groups excluding tert-OH is 2. The molecule has 0 radical (unpaired) electrons. The van der Waals surface area contributed by atoms with Crippen molar-refractivity contribution in [1.29, 1.82) is 0 Å². The second-order valence-electron chi connectivity index (χ2n) is 6.84. The maximum atomic E-state index is 9.95. The van der Waals surface area contributed by atoms with Crippen LogP contribution in [0.2, 0.25) is 0 Å². The van der Waals surface area contributed by atoms with Crippen LogP contribution >= 0.6 is 0 Å². The maximum Gasteiger partial charge on any atom is 0.155 e. The average molecular weight is 378 g/mol. The molecule has 3 rings (SSSR count). The lowest BCUT2D eigenvalue weighted by atomic mass is 9.97. The summed E-state index contributed by atoms with van der Waals surface area (Å²) in [6, 6.07) is 8.20. The van der Waals surface area contributed by atoms with Gasteiger partial charge in [-0.05, 0) is 41.3 Å². The molecule has 0 aliphatic heterocycles. The zero-order valence-corrected chi connectivity index (χ0v) is 16.2. The van der Waals surface area contributed by atoms with Gasteiger partial charge >= 0.3 is 0 Å². The standard InChI is InChI=1S/C24H26O4/c1-27-23-12-10-19(15-21(23)25)8-6-17-4-3-5-18(14-17)7-9-20-11-13-24(28-2)22(26)16-20/h3-12,14,16,19,24-26H,13,15H2,1-2H3/b8-6+,9-7+. The van der Waals surface area contributed by atoms with Gasteiger partial charge in [-0.1, -0.05) is 54.7 Å². The van der Waals surface area contributed by atoms with Crippen molar-refractivity contribution in [3.63, 3.8) is 0 Å². The number of rotatable bonds is 6. The van der Waals surface area contributed by atoms with Gasteiger partial charge in [-0.3, -0.25) is 0 Å². The molecule has 2 atom stereocenters. The van der Waals surface area contributed by atoms with Crippen LogP contribution in [0.25, 0.3) is 12.2 Å². The Morgan fingerprint density at radius 1 is 1.07 bits per heavy atom. The maximum absolute atomic E-state index is 9.95. The second kappa shape index (κ2) is 9.29. The molecule has 146 valence electrons. The lowest BCUT2D eigenvalue weighted by Gasteiger charge is -2.16. The highest BCUT2D eigenvalue weighted by molar-refractivity contribution is 5.60. The van der Waals surface area contributed by atoms with Crippen molar-refractivity contribution in [2.45, 2.75) is 18.9 Å². The van der Waals surface area contributed by atoms with Crippen LogP contribution in [0.1, 0.15) is 24.0 Å². The fourth-order valence-electron chi connectivity index (χ4n) is 3.23. The molecule has 0 saturated heterocycles. The molecule has 2 unspecified atom stereocenters. The van der Waals surface area contributed by atoms with E-state index in [2.05, 4.69) is 24.3 Å². The molecule has 2 N–H and O–H groups in total. The molecular weight excluding hydrogens is 352 g/mol. The van der Waals surface area contributed by atoms with Crippen LogP contribution < -0.4 is 0 Å². The van der Waals surface area contributed by atoms with Crippen LogP contribution in [0.4, 0.5) is 0 Å². The first-order valence-electron chi connectivity index (χ1n) is 9.33. The third-order valence-corrected chi connectivity index (χ3v) is 4.84. The summed E-state index contributed by atoms with van der Waals surface area (Å²) in [5.41, 5.74) is 3.13. The first kappa shape index (κ1) is 19.8. The molecule has 2 aliphatic carbocycles. The Kier molecular flexibility index (Phi) is 6.56. The van der Waals surface area contributed by atoms with Crippen LogP contribution in [-0.2, 0) is 9.47 Å². The highest BCUT2D eigenvalue weighted by atomic mass is 16.5. The van der Waals surface area contributed by atoms with Crippen molar-refractivity contribution in [1.82, 2.24) is 0 Å². The van der Waals surface area contributed by atoms with Crippen LogP contribution in [-0.4, -0.2) is 30.5 Å². The number of methoxy groups -OCH3 is 2. The van der Waals surface area contributed by atoms with Gasteiger partial charge in [0.05, 0.1) is 7.11 Å². The highest BCUT2D eigenvalue weighted by Gasteiger charge is 2.15. The Morgan fingerprint density at radius 2 is 1.86 bits per heavy atom. The first-order chi connectivity index (χ1) is 13.6. The molecule has 0 fully saturated rings. The second-order valence-corrected chi connectivity index (χ2v) is 6.84. The van der Waals surface area contributed by atoms with E-state index in [4.69, 9.17) is 9.47 Å². The van der Waals surface area contributed by atoms with Gasteiger partial charge in [-0.15, -0.1) is 0 Å². The van der Waals surface area contributed by atoms with E-state index < -0.39 is 0 Å². The molecule has 0 amide bonds. The quantitative estimate of drug-likeness (QED) is 0.687. The van der Waals surface area contributed by atoms with Crippen molar-refractivity contribution in [3.8, 4) is 0 Å². The summed E-state index contributed by atoms with van der Waals surface area (Å²) in [4.78, 5) is 0. The molecule has 0 spiro atoms. The fourth-order valence-corrected chi connectivity index (χ4v) is 3.23. The first-order valence-corrected chi connectivity index (χ1v) is 9.33. The van der Waals surface area contributed by atoms with E-state index in [1.807, 2.05) is 42.5 Å². The van der Waals surface area contributed by atoms with E-state index in [1.54, 1.807) is 20.3 Å². The number of hydrogen-bond acceptors (Lipinski definition) is 4. The summed E-state index contributed by atoms with van der Waals surface area (Å²) in [6.07, 6.45) is 16.8. The molecule has 28 heavy (non-hydrogen) atoms. The Labute approximate surface area is 166 Å². The van der Waals surface area contributed by atoms with E-state index in [-0.39, 0.29) is 23.5 Å². The van der Waals surface area contributed by atoms with E-state index in [1.165, 1.54) is 0 Å². The molecule has 0 saturated carbocycles. The van der Waals surface area contributed by atoms with E-state index in [9.17, 15) is 10.2 Å². The van der Waals surface area contributed by atoms with Crippen molar-refractivity contribution < 1.29 is 19.7 Å². The fraction of sp³-hybridized carbons (Fsp3) is 0.250. The molecule has 2 aliphatic rings. The zero-order valence-electron chi connectivity index (χ0n) is 16.2. The molecule has 1 aromatic rings. The molecule has 0 heterocycles. The Balaban J connectivity index is 1.64. The smallest absolute Gasteiger partial charge is 0.155 e. The number of benzene rings is 1. The van der Waals surface area contributed by atoms with Crippen molar-refractivity contribution in [3.05, 3.63) is 94.7 Å². The van der Waals surface area contributed by atoms with Crippen molar-refractivity contribution >= 4 is 12.2 Å². The third-order valence-electron chi connectivity index (χ3n) is 4.84. The van der Waals surface area contributed by atoms with E-state index in [0.29, 0.717) is 18.6 Å². The van der Waals surface area contributed by atoms with Gasteiger partial charge in [0.25, 0.3) is 0 Å². The SMILES string of the molecule is COC1=C(O)CC(/C=C/c2cccc(/C=C/C3=CCC(OC)C(O)=C3)c2)C=C1. The number of allylic oxidation sites excluding steroid dienone is 7. The molecule has 0 bridgehead atoms. The highest BCUT2D eigenvalue weighted by Crippen LogP contribution is 2.24.